The van der Waals surface area contributed by atoms with Gasteiger partial charge in [-0.25, -0.2) is 9.59 Å². The number of esters is 1. The van der Waals surface area contributed by atoms with Crippen LogP contribution in [0.25, 0.3) is 0 Å². The number of carbonyl (C=O) groups excluding carboxylic acids is 1. The number of aliphatic hydroxyl groups excluding tert-OH is 1. The van der Waals surface area contributed by atoms with Crippen molar-refractivity contribution in [2.45, 2.75) is 0 Å². The normalized spacial score (nSPS) is 9.12. The highest BCUT2D eigenvalue weighted by atomic mass is 16.6. The maximum absolute atomic E-state index is 11.0. The second kappa shape index (κ2) is 8.31. The molecular weight excluding hydrogens is 230 g/mol. The second-order valence-corrected chi connectivity index (χ2v) is 2.83. The minimum Gasteiger partial charge on any atom is -0.475 e. The van der Waals surface area contributed by atoms with E-state index in [0.29, 0.717) is 0 Å². The van der Waals surface area contributed by atoms with Gasteiger partial charge in [-0.1, -0.05) is 0 Å². The highest BCUT2D eigenvalue weighted by Gasteiger charge is 2.15. The van der Waals surface area contributed by atoms with Gasteiger partial charge in [0.1, 0.15) is 6.61 Å². The molecule has 0 aliphatic heterocycles. The molecule has 0 radical (unpaired) electrons. The summed E-state index contributed by atoms with van der Waals surface area (Å²) in [5.74, 6) is -2.59. The van der Waals surface area contributed by atoms with Crippen LogP contribution in [-0.4, -0.2) is 49.5 Å². The number of aromatic carboxylic acids is 1. The fourth-order valence-electron chi connectivity index (χ4n) is 0.772. The number of ether oxygens (including phenoxy) is 1. The summed E-state index contributed by atoms with van der Waals surface area (Å²) in [6.07, 6.45) is 0. The van der Waals surface area contributed by atoms with E-state index >= 15 is 0 Å². The summed E-state index contributed by atoms with van der Waals surface area (Å²) in [6.45, 7) is -0.444. The molecule has 0 unspecified atom stereocenters. The Morgan fingerprint density at radius 1 is 1.35 bits per heavy atom. The summed E-state index contributed by atoms with van der Waals surface area (Å²) in [6, 6.07) is 2.35. The third kappa shape index (κ3) is 5.69. The van der Waals surface area contributed by atoms with E-state index in [-0.39, 0.29) is 24.7 Å². The zero-order valence-corrected chi connectivity index (χ0v) is 9.60. The SMILES string of the molecule is CNC.O=C(O)c1ccc(C(=O)OCCO)o1. The lowest BCUT2D eigenvalue weighted by Gasteiger charge is -1.98. The number of hydrogen-bond acceptors (Lipinski definition) is 6. The molecule has 3 N–H and O–H groups in total. The predicted molar refractivity (Wildman–Crippen MR) is 58.0 cm³/mol. The Bertz CT molecular complexity index is 359. The first kappa shape index (κ1) is 15.1. The molecule has 7 heteroatoms. The Labute approximate surface area is 98.0 Å². The van der Waals surface area contributed by atoms with Crippen molar-refractivity contribution < 1.29 is 29.0 Å². The van der Waals surface area contributed by atoms with Crippen molar-refractivity contribution in [1.29, 1.82) is 0 Å². The number of carboxylic acids is 1. The number of carboxylic acid groups (broad SMARTS) is 1. The number of carbonyl (C=O) groups is 2. The summed E-state index contributed by atoms with van der Waals surface area (Å²) in [4.78, 5) is 21.4. The predicted octanol–water partition coefficient (Wildman–Crippen LogP) is -0.0375. The monoisotopic (exact) mass is 245 g/mol. The summed E-state index contributed by atoms with van der Waals surface area (Å²) < 4.78 is 9.14. The van der Waals surface area contributed by atoms with Crippen LogP contribution in [0.15, 0.2) is 16.5 Å². The van der Waals surface area contributed by atoms with Gasteiger partial charge in [0.05, 0.1) is 6.61 Å². The van der Waals surface area contributed by atoms with Crippen molar-refractivity contribution in [3.8, 4) is 0 Å². The Hall–Kier alpha value is -1.86. The minimum absolute atomic E-state index is 0.151. The number of aliphatic hydroxyl groups is 1. The smallest absolute Gasteiger partial charge is 0.374 e. The van der Waals surface area contributed by atoms with Crippen LogP contribution in [0.5, 0.6) is 0 Å². The van der Waals surface area contributed by atoms with Gasteiger partial charge in [0, 0.05) is 0 Å². The average Bonchev–Trinajstić information content (AvgIpc) is 2.76. The molecule has 0 saturated carbocycles. The lowest BCUT2D eigenvalue weighted by atomic mass is 10.4. The first-order chi connectivity index (χ1) is 8.06. The van der Waals surface area contributed by atoms with Gasteiger partial charge in [0.2, 0.25) is 11.5 Å². The number of rotatable bonds is 4. The average molecular weight is 245 g/mol. The Kier molecular flexibility index (Phi) is 7.40. The molecule has 1 rings (SSSR count). The van der Waals surface area contributed by atoms with E-state index < -0.39 is 11.9 Å². The molecule has 96 valence electrons. The zero-order chi connectivity index (χ0) is 13.3. The largest absolute Gasteiger partial charge is 0.475 e. The van der Waals surface area contributed by atoms with Crippen LogP contribution < -0.4 is 5.32 Å². The first-order valence-corrected chi connectivity index (χ1v) is 4.76. The highest BCUT2D eigenvalue weighted by molar-refractivity contribution is 5.89. The van der Waals surface area contributed by atoms with E-state index in [4.69, 9.17) is 10.2 Å². The molecule has 0 aromatic carbocycles. The standard InChI is InChI=1S/C8H8O6.C2H7N/c9-3-4-13-8(12)6-2-1-5(14-6)7(10)11;1-3-2/h1-2,9H,3-4H2,(H,10,11);3H,1-2H3. The molecule has 0 fully saturated rings. The molecule has 17 heavy (non-hydrogen) atoms. The lowest BCUT2D eigenvalue weighted by molar-refractivity contribution is 0.0394. The van der Waals surface area contributed by atoms with Crippen molar-refractivity contribution in [3.63, 3.8) is 0 Å². The van der Waals surface area contributed by atoms with Crippen molar-refractivity contribution in [3.05, 3.63) is 23.7 Å². The van der Waals surface area contributed by atoms with Gasteiger partial charge in [-0.3, -0.25) is 0 Å². The van der Waals surface area contributed by atoms with E-state index in [1.165, 1.54) is 6.07 Å². The summed E-state index contributed by atoms with van der Waals surface area (Å²) in [7, 11) is 3.75. The van der Waals surface area contributed by atoms with Gasteiger partial charge in [0.15, 0.2) is 0 Å². The van der Waals surface area contributed by atoms with Crippen molar-refractivity contribution in [2.75, 3.05) is 27.3 Å². The van der Waals surface area contributed by atoms with Gasteiger partial charge in [-0.15, -0.1) is 0 Å². The number of nitrogens with one attached hydrogen (secondary N) is 1. The molecule has 0 aliphatic rings. The molecular formula is C10H15NO6. The fourth-order valence-corrected chi connectivity index (χ4v) is 0.772. The molecule has 1 heterocycles. The lowest BCUT2D eigenvalue weighted by Crippen LogP contribution is -2.07. The first-order valence-electron chi connectivity index (χ1n) is 4.76. The van der Waals surface area contributed by atoms with Crippen molar-refractivity contribution in [1.82, 2.24) is 5.32 Å². The second-order valence-electron chi connectivity index (χ2n) is 2.83. The minimum atomic E-state index is -1.26. The Morgan fingerprint density at radius 2 is 1.88 bits per heavy atom. The summed E-state index contributed by atoms with van der Waals surface area (Å²) in [5.41, 5.74) is 0. The van der Waals surface area contributed by atoms with Crippen LogP contribution in [0, 0.1) is 0 Å². The van der Waals surface area contributed by atoms with Crippen molar-refractivity contribution in [2.24, 2.45) is 0 Å². The van der Waals surface area contributed by atoms with Gasteiger partial charge in [-0.05, 0) is 26.2 Å². The third-order valence-corrected chi connectivity index (χ3v) is 1.34. The molecule has 0 bridgehead atoms. The maximum Gasteiger partial charge on any atom is 0.374 e. The topological polar surface area (TPSA) is 109 Å². The molecule has 1 aromatic rings. The quantitative estimate of drug-likeness (QED) is 0.638. The molecule has 0 amide bonds. The van der Waals surface area contributed by atoms with E-state index in [1.54, 1.807) is 0 Å². The summed E-state index contributed by atoms with van der Waals surface area (Å²) >= 11 is 0. The molecule has 0 spiro atoms. The van der Waals surface area contributed by atoms with E-state index in [1.807, 2.05) is 14.1 Å². The highest BCUT2D eigenvalue weighted by Crippen LogP contribution is 2.08. The fraction of sp³-hybridized carbons (Fsp3) is 0.400. The van der Waals surface area contributed by atoms with Crippen LogP contribution in [0.3, 0.4) is 0 Å². The van der Waals surface area contributed by atoms with Gasteiger partial charge in [-0.2, -0.15) is 0 Å². The molecule has 0 aliphatic carbocycles. The maximum atomic E-state index is 11.0. The zero-order valence-electron chi connectivity index (χ0n) is 9.60. The van der Waals surface area contributed by atoms with Crippen LogP contribution in [0.4, 0.5) is 0 Å². The van der Waals surface area contributed by atoms with Gasteiger partial charge in [0.25, 0.3) is 0 Å². The number of furan rings is 1. The van der Waals surface area contributed by atoms with Crippen LogP contribution >= 0.6 is 0 Å². The van der Waals surface area contributed by atoms with E-state index in [9.17, 15) is 9.59 Å². The number of hydrogen-bond donors (Lipinski definition) is 3. The molecule has 0 atom stereocenters. The van der Waals surface area contributed by atoms with Crippen LogP contribution in [-0.2, 0) is 4.74 Å². The molecule has 7 nitrogen and oxygen atoms in total. The van der Waals surface area contributed by atoms with Crippen molar-refractivity contribution >= 4 is 11.9 Å². The van der Waals surface area contributed by atoms with Crippen LogP contribution in [0.1, 0.15) is 21.1 Å². The Morgan fingerprint density at radius 3 is 2.29 bits per heavy atom. The molecule has 1 aromatic heterocycles. The van der Waals surface area contributed by atoms with Crippen LogP contribution in [0.2, 0.25) is 0 Å². The molecule has 0 saturated heterocycles. The Balaban J connectivity index is 0.000000770. The van der Waals surface area contributed by atoms with E-state index in [0.717, 1.165) is 6.07 Å². The third-order valence-electron chi connectivity index (χ3n) is 1.34. The summed E-state index contributed by atoms with van der Waals surface area (Å²) in [5, 5.41) is 19.6. The van der Waals surface area contributed by atoms with Gasteiger partial charge < -0.3 is 24.7 Å². The van der Waals surface area contributed by atoms with Gasteiger partial charge >= 0.3 is 11.9 Å². The van der Waals surface area contributed by atoms with E-state index in [2.05, 4.69) is 14.5 Å².